The molecular weight excluding hydrogens is 268 g/mol. The summed E-state index contributed by atoms with van der Waals surface area (Å²) in [6, 6.07) is 13.3. The third kappa shape index (κ3) is 3.14. The summed E-state index contributed by atoms with van der Waals surface area (Å²) in [6.07, 6.45) is 0. The lowest BCUT2D eigenvalue weighted by atomic mass is 10.1. The van der Waals surface area contributed by atoms with Crippen LogP contribution in [0.3, 0.4) is 0 Å². The van der Waals surface area contributed by atoms with E-state index in [0.717, 1.165) is 21.8 Å². The second kappa shape index (κ2) is 6.01. The predicted molar refractivity (Wildman–Crippen MR) is 87.2 cm³/mol. The van der Waals surface area contributed by atoms with Crippen LogP contribution >= 0.6 is 12.6 Å². The number of nitrogens with zero attached hydrogens (tertiary/aromatic N) is 1. The van der Waals surface area contributed by atoms with Crippen LogP contribution in [0.1, 0.15) is 15.9 Å². The number of hydrogen-bond acceptors (Lipinski definition) is 3. The molecule has 104 valence electrons. The van der Waals surface area contributed by atoms with Crippen LogP contribution in [0.2, 0.25) is 0 Å². The molecular formula is C16H18N2OS. The number of nitrogens with one attached hydrogen (secondary N) is 1. The van der Waals surface area contributed by atoms with Gasteiger partial charge >= 0.3 is 0 Å². The van der Waals surface area contributed by atoms with E-state index in [-0.39, 0.29) is 5.91 Å². The van der Waals surface area contributed by atoms with E-state index in [2.05, 4.69) is 17.9 Å². The van der Waals surface area contributed by atoms with Gasteiger partial charge in [-0.1, -0.05) is 18.2 Å². The Morgan fingerprint density at radius 2 is 1.85 bits per heavy atom. The summed E-state index contributed by atoms with van der Waals surface area (Å²) in [7, 11) is 3.90. The Labute approximate surface area is 125 Å². The molecule has 0 spiro atoms. The summed E-state index contributed by atoms with van der Waals surface area (Å²) in [6.45, 7) is 1.92. The first-order chi connectivity index (χ1) is 9.49. The fraction of sp³-hybridized carbons (Fsp3) is 0.188. The first kappa shape index (κ1) is 14.5. The molecule has 0 bridgehead atoms. The maximum atomic E-state index is 12.4. The monoisotopic (exact) mass is 286 g/mol. The van der Waals surface area contributed by atoms with Crippen molar-refractivity contribution in [3.8, 4) is 0 Å². The Morgan fingerprint density at radius 3 is 2.55 bits per heavy atom. The van der Waals surface area contributed by atoms with Crippen molar-refractivity contribution in [2.45, 2.75) is 11.8 Å². The fourth-order valence-electron chi connectivity index (χ4n) is 2.01. The number of thiol groups is 1. The average molecular weight is 286 g/mol. The van der Waals surface area contributed by atoms with Gasteiger partial charge in [-0.25, -0.2) is 0 Å². The van der Waals surface area contributed by atoms with Crippen molar-refractivity contribution in [2.75, 3.05) is 24.3 Å². The summed E-state index contributed by atoms with van der Waals surface area (Å²) in [5.74, 6) is -0.118. The van der Waals surface area contributed by atoms with E-state index in [1.807, 2.05) is 62.3 Å². The zero-order valence-electron chi connectivity index (χ0n) is 11.8. The van der Waals surface area contributed by atoms with Gasteiger partial charge in [-0.15, -0.1) is 12.6 Å². The number of aryl methyl sites for hydroxylation is 1. The van der Waals surface area contributed by atoms with E-state index in [1.54, 1.807) is 6.07 Å². The first-order valence-corrected chi connectivity index (χ1v) is 6.81. The molecule has 2 aromatic carbocycles. The molecule has 20 heavy (non-hydrogen) atoms. The number of para-hydroxylation sites is 2. The highest BCUT2D eigenvalue weighted by molar-refractivity contribution is 7.80. The van der Waals surface area contributed by atoms with Crippen molar-refractivity contribution in [3.05, 3.63) is 53.6 Å². The maximum absolute atomic E-state index is 12.4. The fourth-order valence-corrected chi connectivity index (χ4v) is 2.22. The van der Waals surface area contributed by atoms with Crippen molar-refractivity contribution < 1.29 is 4.79 Å². The molecule has 2 aromatic rings. The van der Waals surface area contributed by atoms with E-state index < -0.39 is 0 Å². The van der Waals surface area contributed by atoms with Crippen LogP contribution in [0.25, 0.3) is 0 Å². The molecule has 3 nitrogen and oxygen atoms in total. The van der Waals surface area contributed by atoms with Gasteiger partial charge in [0, 0.05) is 24.6 Å². The minimum atomic E-state index is -0.118. The molecule has 0 atom stereocenters. The van der Waals surface area contributed by atoms with E-state index in [9.17, 15) is 4.79 Å². The summed E-state index contributed by atoms with van der Waals surface area (Å²) in [5, 5.41) is 2.96. The highest BCUT2D eigenvalue weighted by Gasteiger charge is 2.12. The predicted octanol–water partition coefficient (Wildman–Crippen LogP) is 3.60. The Morgan fingerprint density at radius 1 is 1.15 bits per heavy atom. The van der Waals surface area contributed by atoms with Gasteiger partial charge in [0.05, 0.1) is 11.4 Å². The average Bonchev–Trinajstić information content (AvgIpc) is 2.41. The van der Waals surface area contributed by atoms with Crippen LogP contribution in [0.4, 0.5) is 11.4 Å². The highest BCUT2D eigenvalue weighted by atomic mass is 32.1. The molecule has 0 saturated carbocycles. The Hall–Kier alpha value is -1.94. The molecule has 4 heteroatoms. The molecule has 1 amide bonds. The first-order valence-electron chi connectivity index (χ1n) is 6.36. The highest BCUT2D eigenvalue weighted by Crippen LogP contribution is 2.24. The number of anilines is 2. The number of amides is 1. The molecule has 0 fully saturated rings. The van der Waals surface area contributed by atoms with Gasteiger partial charge in [0.2, 0.25) is 0 Å². The van der Waals surface area contributed by atoms with E-state index in [4.69, 9.17) is 0 Å². The van der Waals surface area contributed by atoms with E-state index >= 15 is 0 Å². The maximum Gasteiger partial charge on any atom is 0.256 e. The van der Waals surface area contributed by atoms with Crippen molar-refractivity contribution in [3.63, 3.8) is 0 Å². The normalized spacial score (nSPS) is 10.2. The lowest BCUT2D eigenvalue weighted by Gasteiger charge is -2.18. The number of benzene rings is 2. The summed E-state index contributed by atoms with van der Waals surface area (Å²) >= 11 is 4.29. The van der Waals surface area contributed by atoms with Gasteiger partial charge in [-0.2, -0.15) is 0 Å². The molecule has 0 radical (unpaired) electrons. The minimum Gasteiger partial charge on any atom is -0.376 e. The molecule has 0 unspecified atom stereocenters. The summed E-state index contributed by atoms with van der Waals surface area (Å²) in [5.41, 5.74) is 3.35. The van der Waals surface area contributed by atoms with E-state index in [0.29, 0.717) is 5.56 Å². The van der Waals surface area contributed by atoms with Crippen LogP contribution in [-0.2, 0) is 0 Å². The number of rotatable bonds is 3. The zero-order valence-corrected chi connectivity index (χ0v) is 12.7. The Kier molecular flexibility index (Phi) is 4.35. The SMILES string of the molecule is Cc1ccc(S)cc1C(=O)Nc1ccccc1N(C)C. The molecule has 0 heterocycles. The van der Waals surface area contributed by atoms with Gasteiger partial charge < -0.3 is 10.2 Å². The summed E-state index contributed by atoms with van der Waals surface area (Å²) in [4.78, 5) is 15.1. The third-order valence-electron chi connectivity index (χ3n) is 3.10. The number of hydrogen-bond donors (Lipinski definition) is 2. The smallest absolute Gasteiger partial charge is 0.256 e. The summed E-state index contributed by atoms with van der Waals surface area (Å²) < 4.78 is 0. The van der Waals surface area contributed by atoms with Gasteiger partial charge in [-0.05, 0) is 36.8 Å². The molecule has 0 aliphatic heterocycles. The third-order valence-corrected chi connectivity index (χ3v) is 3.38. The molecule has 0 aliphatic rings. The Balaban J connectivity index is 2.31. The largest absolute Gasteiger partial charge is 0.376 e. The van der Waals surface area contributed by atoms with Crippen molar-refractivity contribution >= 4 is 29.9 Å². The topological polar surface area (TPSA) is 32.3 Å². The lowest BCUT2D eigenvalue weighted by molar-refractivity contribution is 0.102. The quantitative estimate of drug-likeness (QED) is 0.845. The zero-order chi connectivity index (χ0) is 14.7. The lowest BCUT2D eigenvalue weighted by Crippen LogP contribution is -2.17. The van der Waals surface area contributed by atoms with Gasteiger partial charge in [-0.3, -0.25) is 4.79 Å². The van der Waals surface area contributed by atoms with Gasteiger partial charge in [0.15, 0.2) is 0 Å². The standard InChI is InChI=1S/C16H18N2OS/c1-11-8-9-12(20)10-13(11)16(19)17-14-6-4-5-7-15(14)18(2)3/h4-10,20H,1-3H3,(H,17,19). The van der Waals surface area contributed by atoms with Crippen LogP contribution in [0.5, 0.6) is 0 Å². The molecule has 2 rings (SSSR count). The van der Waals surface area contributed by atoms with Crippen LogP contribution in [-0.4, -0.2) is 20.0 Å². The Bertz CT molecular complexity index is 638. The van der Waals surface area contributed by atoms with Crippen molar-refractivity contribution in [2.24, 2.45) is 0 Å². The van der Waals surface area contributed by atoms with Crippen LogP contribution in [0.15, 0.2) is 47.4 Å². The van der Waals surface area contributed by atoms with Crippen molar-refractivity contribution in [1.82, 2.24) is 0 Å². The van der Waals surface area contributed by atoms with Crippen LogP contribution in [0, 0.1) is 6.92 Å². The van der Waals surface area contributed by atoms with Gasteiger partial charge in [0.1, 0.15) is 0 Å². The molecule has 1 N–H and O–H groups in total. The number of carbonyl (C=O) groups excluding carboxylic acids is 1. The van der Waals surface area contributed by atoms with Crippen molar-refractivity contribution in [1.29, 1.82) is 0 Å². The second-order valence-electron chi connectivity index (χ2n) is 4.86. The minimum absolute atomic E-state index is 0.118. The second-order valence-corrected chi connectivity index (χ2v) is 5.38. The van der Waals surface area contributed by atoms with Gasteiger partial charge in [0.25, 0.3) is 5.91 Å². The molecule has 0 aliphatic carbocycles. The molecule has 0 saturated heterocycles. The van der Waals surface area contributed by atoms with Crippen LogP contribution < -0.4 is 10.2 Å². The van der Waals surface area contributed by atoms with E-state index in [1.165, 1.54) is 0 Å². The number of carbonyl (C=O) groups is 1. The molecule has 0 aromatic heterocycles.